The molecule has 1 saturated heterocycles. The Kier molecular flexibility index (Phi) is 5.81. The number of nitrogens with one attached hydrogen (secondary N) is 1. The van der Waals surface area contributed by atoms with E-state index in [2.05, 4.69) is 19.2 Å². The maximum atomic E-state index is 12.2. The summed E-state index contributed by atoms with van der Waals surface area (Å²) in [6, 6.07) is 0.195. The van der Waals surface area contributed by atoms with Gasteiger partial charge in [-0.15, -0.1) is 0 Å². The molecule has 0 radical (unpaired) electrons. The van der Waals surface area contributed by atoms with E-state index >= 15 is 0 Å². The molecule has 3 N–H and O–H groups in total. The van der Waals surface area contributed by atoms with Crippen molar-refractivity contribution in [3.8, 4) is 0 Å². The molecular weight excluding hydrogens is 240 g/mol. The van der Waals surface area contributed by atoms with E-state index in [4.69, 9.17) is 10.5 Å². The van der Waals surface area contributed by atoms with E-state index in [-0.39, 0.29) is 17.6 Å². The minimum atomic E-state index is -0.756. The van der Waals surface area contributed by atoms with Crippen molar-refractivity contribution >= 4 is 5.91 Å². The summed E-state index contributed by atoms with van der Waals surface area (Å²) in [6.45, 7) is 8.89. The van der Waals surface area contributed by atoms with Gasteiger partial charge in [0.15, 0.2) is 0 Å². The summed E-state index contributed by atoms with van der Waals surface area (Å²) < 4.78 is 5.93. The number of hydrogen-bond acceptors (Lipinski definition) is 3. The number of nitrogens with two attached hydrogens (primary N) is 1. The lowest BCUT2D eigenvalue weighted by Crippen LogP contribution is -2.56. The molecule has 0 spiro atoms. The highest BCUT2D eigenvalue weighted by Gasteiger charge is 2.37. The fraction of sp³-hybridized carbons (Fsp3) is 0.933. The molecule has 0 aromatic rings. The van der Waals surface area contributed by atoms with Gasteiger partial charge in [0.1, 0.15) is 0 Å². The van der Waals surface area contributed by atoms with E-state index in [9.17, 15) is 4.79 Å². The molecule has 112 valence electrons. The second kappa shape index (κ2) is 6.71. The first kappa shape index (κ1) is 16.4. The van der Waals surface area contributed by atoms with E-state index < -0.39 is 5.54 Å². The SMILES string of the molecule is CCCC(C)(N)C(=O)NC1CCOC(CC)(CC)C1. The molecule has 1 fully saturated rings. The first-order valence-corrected chi connectivity index (χ1v) is 7.63. The first-order valence-electron chi connectivity index (χ1n) is 7.63. The molecule has 1 aliphatic heterocycles. The third-order valence-corrected chi connectivity index (χ3v) is 4.40. The number of amides is 1. The highest BCUT2D eigenvalue weighted by atomic mass is 16.5. The van der Waals surface area contributed by atoms with Crippen LogP contribution in [0.5, 0.6) is 0 Å². The Morgan fingerprint density at radius 1 is 1.42 bits per heavy atom. The number of rotatable bonds is 6. The van der Waals surface area contributed by atoms with Gasteiger partial charge in [-0.3, -0.25) is 4.79 Å². The topological polar surface area (TPSA) is 64.4 Å². The third kappa shape index (κ3) is 4.18. The highest BCUT2D eigenvalue weighted by molar-refractivity contribution is 5.85. The van der Waals surface area contributed by atoms with Crippen LogP contribution in [0.15, 0.2) is 0 Å². The van der Waals surface area contributed by atoms with E-state index in [1.54, 1.807) is 0 Å². The molecule has 0 saturated carbocycles. The average Bonchev–Trinajstić information content (AvgIpc) is 2.38. The molecule has 4 nitrogen and oxygen atoms in total. The van der Waals surface area contributed by atoms with Crippen molar-refractivity contribution in [2.24, 2.45) is 5.73 Å². The van der Waals surface area contributed by atoms with Crippen molar-refractivity contribution in [3.05, 3.63) is 0 Å². The van der Waals surface area contributed by atoms with Crippen LogP contribution in [-0.4, -0.2) is 29.7 Å². The van der Waals surface area contributed by atoms with Gasteiger partial charge in [0.2, 0.25) is 5.91 Å². The van der Waals surface area contributed by atoms with Gasteiger partial charge < -0.3 is 15.8 Å². The number of carbonyl (C=O) groups excluding carboxylic acids is 1. The molecule has 0 bridgehead atoms. The molecule has 1 heterocycles. The standard InChI is InChI=1S/C15H30N2O2/c1-5-9-14(4,16)13(18)17-12-8-10-19-15(6-2,7-3)11-12/h12H,5-11,16H2,1-4H3,(H,17,18). The van der Waals surface area contributed by atoms with Gasteiger partial charge in [-0.2, -0.15) is 0 Å². The second-order valence-electron chi connectivity index (χ2n) is 6.07. The molecule has 0 aromatic carbocycles. The lowest BCUT2D eigenvalue weighted by molar-refractivity contribution is -0.130. The molecule has 19 heavy (non-hydrogen) atoms. The van der Waals surface area contributed by atoms with Crippen LogP contribution in [0.1, 0.15) is 66.2 Å². The average molecular weight is 270 g/mol. The van der Waals surface area contributed by atoms with Gasteiger partial charge in [0, 0.05) is 12.6 Å². The zero-order valence-corrected chi connectivity index (χ0v) is 12.9. The van der Waals surface area contributed by atoms with Crippen LogP contribution in [0.25, 0.3) is 0 Å². The van der Waals surface area contributed by atoms with Crippen LogP contribution in [0, 0.1) is 0 Å². The third-order valence-electron chi connectivity index (χ3n) is 4.40. The van der Waals surface area contributed by atoms with Crippen molar-refractivity contribution in [1.82, 2.24) is 5.32 Å². The maximum absolute atomic E-state index is 12.2. The van der Waals surface area contributed by atoms with Crippen LogP contribution in [0.2, 0.25) is 0 Å². The van der Waals surface area contributed by atoms with Crippen LogP contribution in [-0.2, 0) is 9.53 Å². The smallest absolute Gasteiger partial charge is 0.240 e. The fourth-order valence-corrected chi connectivity index (χ4v) is 2.88. The van der Waals surface area contributed by atoms with Crippen molar-refractivity contribution in [3.63, 3.8) is 0 Å². The highest BCUT2D eigenvalue weighted by Crippen LogP contribution is 2.31. The zero-order valence-electron chi connectivity index (χ0n) is 12.9. The summed E-state index contributed by atoms with van der Waals surface area (Å²) in [4.78, 5) is 12.2. The Hall–Kier alpha value is -0.610. The molecular formula is C15H30N2O2. The predicted octanol–water partition coefficient (Wildman–Crippen LogP) is 2.36. The molecule has 0 aliphatic carbocycles. The van der Waals surface area contributed by atoms with Crippen LogP contribution >= 0.6 is 0 Å². The lowest BCUT2D eigenvalue weighted by Gasteiger charge is -2.41. The quantitative estimate of drug-likeness (QED) is 0.778. The van der Waals surface area contributed by atoms with E-state index in [0.717, 1.165) is 45.1 Å². The lowest BCUT2D eigenvalue weighted by atomic mass is 9.85. The normalized spacial score (nSPS) is 25.6. The largest absolute Gasteiger partial charge is 0.375 e. The Morgan fingerprint density at radius 2 is 2.05 bits per heavy atom. The van der Waals surface area contributed by atoms with Crippen molar-refractivity contribution in [2.75, 3.05) is 6.61 Å². The van der Waals surface area contributed by atoms with Crippen molar-refractivity contribution in [2.45, 2.75) is 83.4 Å². The fourth-order valence-electron chi connectivity index (χ4n) is 2.88. The Morgan fingerprint density at radius 3 is 2.58 bits per heavy atom. The molecule has 1 aliphatic rings. The van der Waals surface area contributed by atoms with Gasteiger partial charge in [-0.25, -0.2) is 0 Å². The van der Waals surface area contributed by atoms with E-state index in [0.29, 0.717) is 0 Å². The van der Waals surface area contributed by atoms with Crippen LogP contribution < -0.4 is 11.1 Å². The van der Waals surface area contributed by atoms with Gasteiger partial charge in [-0.05, 0) is 39.0 Å². The Balaban J connectivity index is 2.60. The molecule has 2 atom stereocenters. The summed E-state index contributed by atoms with van der Waals surface area (Å²) in [7, 11) is 0. The first-order chi connectivity index (χ1) is 8.89. The zero-order chi connectivity index (χ0) is 14.5. The van der Waals surface area contributed by atoms with Gasteiger partial charge in [-0.1, -0.05) is 27.2 Å². The van der Waals surface area contributed by atoms with Gasteiger partial charge in [0.25, 0.3) is 0 Å². The van der Waals surface area contributed by atoms with Gasteiger partial charge in [0.05, 0.1) is 11.1 Å². The second-order valence-corrected chi connectivity index (χ2v) is 6.07. The monoisotopic (exact) mass is 270 g/mol. The summed E-state index contributed by atoms with van der Waals surface area (Å²) >= 11 is 0. The predicted molar refractivity (Wildman–Crippen MR) is 77.9 cm³/mol. The maximum Gasteiger partial charge on any atom is 0.240 e. The van der Waals surface area contributed by atoms with Gasteiger partial charge >= 0.3 is 0 Å². The Labute approximate surface area is 117 Å². The van der Waals surface area contributed by atoms with Crippen molar-refractivity contribution in [1.29, 1.82) is 0 Å². The molecule has 0 aromatic heterocycles. The van der Waals surface area contributed by atoms with E-state index in [1.807, 2.05) is 13.8 Å². The van der Waals surface area contributed by atoms with E-state index in [1.165, 1.54) is 0 Å². The molecule has 2 unspecified atom stereocenters. The summed E-state index contributed by atoms with van der Waals surface area (Å²) in [5, 5.41) is 3.12. The summed E-state index contributed by atoms with van der Waals surface area (Å²) in [5.41, 5.74) is 5.26. The minimum Gasteiger partial charge on any atom is -0.375 e. The summed E-state index contributed by atoms with van der Waals surface area (Å²) in [5.74, 6) is -0.0256. The Bertz CT molecular complexity index is 299. The van der Waals surface area contributed by atoms with Crippen LogP contribution in [0.3, 0.4) is 0 Å². The molecule has 4 heteroatoms. The number of ether oxygens (including phenoxy) is 1. The van der Waals surface area contributed by atoms with Crippen molar-refractivity contribution < 1.29 is 9.53 Å². The van der Waals surface area contributed by atoms with Crippen LogP contribution in [0.4, 0.5) is 0 Å². The number of hydrogen-bond donors (Lipinski definition) is 2. The molecule has 1 amide bonds. The summed E-state index contributed by atoms with van der Waals surface area (Å²) in [6.07, 6.45) is 5.40. The minimum absolute atomic E-state index is 0.0256. The number of carbonyl (C=O) groups is 1. The molecule has 1 rings (SSSR count).